The Labute approximate surface area is 129 Å². The molecule has 0 aromatic heterocycles. The Morgan fingerprint density at radius 3 is 2.33 bits per heavy atom. The Morgan fingerprint density at radius 1 is 1.05 bits per heavy atom. The molecule has 1 amide bonds. The van der Waals surface area contributed by atoms with Gasteiger partial charge in [0.05, 0.1) is 12.6 Å². The molecule has 0 aromatic carbocycles. The summed E-state index contributed by atoms with van der Waals surface area (Å²) in [5.41, 5.74) is 0. The van der Waals surface area contributed by atoms with Crippen molar-refractivity contribution in [3.8, 4) is 0 Å². The van der Waals surface area contributed by atoms with E-state index in [4.69, 9.17) is 0 Å². The number of hydrogen-bond acceptors (Lipinski definition) is 3. The van der Waals surface area contributed by atoms with E-state index in [1.54, 1.807) is 0 Å². The fourth-order valence-corrected chi connectivity index (χ4v) is 3.69. The average Bonchev–Trinajstić information content (AvgIpc) is 2.40. The third kappa shape index (κ3) is 5.59. The molecule has 122 valence electrons. The SMILES string of the molecule is CN(CC(=O)N1CCCCCCC1)CC1CCCCC1O. The van der Waals surface area contributed by atoms with Crippen molar-refractivity contribution in [1.29, 1.82) is 0 Å². The Morgan fingerprint density at radius 2 is 1.67 bits per heavy atom. The fraction of sp³-hybridized carbons (Fsp3) is 0.941. The monoisotopic (exact) mass is 296 g/mol. The molecule has 0 aromatic rings. The molecule has 0 radical (unpaired) electrons. The van der Waals surface area contributed by atoms with Crippen LogP contribution >= 0.6 is 0 Å². The van der Waals surface area contributed by atoms with E-state index in [0.29, 0.717) is 12.5 Å². The summed E-state index contributed by atoms with van der Waals surface area (Å²) in [5, 5.41) is 10.0. The first-order chi connectivity index (χ1) is 10.2. The lowest BCUT2D eigenvalue weighted by Gasteiger charge is -2.32. The van der Waals surface area contributed by atoms with E-state index in [9.17, 15) is 9.90 Å². The van der Waals surface area contributed by atoms with Crippen LogP contribution in [-0.2, 0) is 4.79 Å². The van der Waals surface area contributed by atoms with Crippen LogP contribution in [0.2, 0.25) is 0 Å². The van der Waals surface area contributed by atoms with Crippen LogP contribution in [0.1, 0.15) is 57.8 Å². The summed E-state index contributed by atoms with van der Waals surface area (Å²) >= 11 is 0. The molecule has 1 aliphatic heterocycles. The van der Waals surface area contributed by atoms with E-state index in [2.05, 4.69) is 4.90 Å². The van der Waals surface area contributed by atoms with Gasteiger partial charge in [0, 0.05) is 19.6 Å². The number of carbonyl (C=O) groups is 1. The predicted molar refractivity (Wildman–Crippen MR) is 85.1 cm³/mol. The summed E-state index contributed by atoms with van der Waals surface area (Å²) in [6.07, 6.45) is 10.4. The van der Waals surface area contributed by atoms with Gasteiger partial charge < -0.3 is 10.0 Å². The van der Waals surface area contributed by atoms with Gasteiger partial charge in [0.25, 0.3) is 0 Å². The molecule has 1 saturated heterocycles. The van der Waals surface area contributed by atoms with E-state index < -0.39 is 0 Å². The number of likely N-dealkylation sites (N-methyl/N-ethyl adjacent to an activating group) is 1. The highest BCUT2D eigenvalue weighted by Gasteiger charge is 2.25. The van der Waals surface area contributed by atoms with Gasteiger partial charge in [-0.1, -0.05) is 32.1 Å². The molecule has 2 aliphatic rings. The summed E-state index contributed by atoms with van der Waals surface area (Å²) in [4.78, 5) is 16.6. The highest BCUT2D eigenvalue weighted by Crippen LogP contribution is 2.24. The van der Waals surface area contributed by atoms with Crippen LogP contribution in [0.5, 0.6) is 0 Å². The van der Waals surface area contributed by atoms with E-state index in [1.165, 1.54) is 25.7 Å². The quantitative estimate of drug-likeness (QED) is 0.865. The van der Waals surface area contributed by atoms with Crippen molar-refractivity contribution in [3.63, 3.8) is 0 Å². The highest BCUT2D eigenvalue weighted by atomic mass is 16.3. The van der Waals surface area contributed by atoms with Crippen LogP contribution in [0.4, 0.5) is 0 Å². The maximum Gasteiger partial charge on any atom is 0.236 e. The molecule has 21 heavy (non-hydrogen) atoms. The van der Waals surface area contributed by atoms with Crippen LogP contribution < -0.4 is 0 Å². The van der Waals surface area contributed by atoms with Gasteiger partial charge in [-0.25, -0.2) is 0 Å². The van der Waals surface area contributed by atoms with E-state index in [-0.39, 0.29) is 12.0 Å². The van der Waals surface area contributed by atoms with Gasteiger partial charge in [0.1, 0.15) is 0 Å². The van der Waals surface area contributed by atoms with Crippen molar-refractivity contribution < 1.29 is 9.90 Å². The van der Waals surface area contributed by atoms with Gasteiger partial charge >= 0.3 is 0 Å². The summed E-state index contributed by atoms with van der Waals surface area (Å²) in [7, 11) is 2.02. The molecule has 2 fully saturated rings. The van der Waals surface area contributed by atoms with E-state index in [0.717, 1.165) is 51.7 Å². The Bertz CT molecular complexity index is 314. The fourth-order valence-electron chi connectivity index (χ4n) is 3.69. The zero-order valence-electron chi connectivity index (χ0n) is 13.6. The van der Waals surface area contributed by atoms with Crippen LogP contribution in [0.25, 0.3) is 0 Å². The number of nitrogens with zero attached hydrogens (tertiary/aromatic N) is 2. The van der Waals surface area contributed by atoms with Crippen molar-refractivity contribution in [2.45, 2.75) is 63.9 Å². The summed E-state index contributed by atoms with van der Waals surface area (Å²) in [6, 6.07) is 0. The normalized spacial score (nSPS) is 28.2. The minimum Gasteiger partial charge on any atom is -0.393 e. The van der Waals surface area contributed by atoms with Gasteiger partial charge in [0.2, 0.25) is 5.91 Å². The minimum atomic E-state index is -0.169. The number of amides is 1. The molecule has 1 saturated carbocycles. The molecule has 1 aliphatic carbocycles. The minimum absolute atomic E-state index is 0.169. The molecule has 1 heterocycles. The molecule has 4 heteroatoms. The molecule has 4 nitrogen and oxygen atoms in total. The first kappa shape index (κ1) is 16.8. The number of aliphatic hydroxyl groups is 1. The molecule has 2 atom stereocenters. The molecular formula is C17H32N2O2. The highest BCUT2D eigenvalue weighted by molar-refractivity contribution is 5.78. The zero-order valence-corrected chi connectivity index (χ0v) is 13.6. The first-order valence-electron chi connectivity index (χ1n) is 8.81. The number of likely N-dealkylation sites (tertiary alicyclic amines) is 1. The van der Waals surface area contributed by atoms with Gasteiger partial charge in [-0.3, -0.25) is 9.69 Å². The standard InChI is InChI=1S/C17H32N2O2/c1-18(13-15-9-5-6-10-16(15)20)14-17(21)19-11-7-3-2-4-8-12-19/h15-16,20H,2-14H2,1H3. The lowest BCUT2D eigenvalue weighted by atomic mass is 9.86. The van der Waals surface area contributed by atoms with Crippen molar-refractivity contribution in [2.75, 3.05) is 33.2 Å². The second-order valence-corrected chi connectivity index (χ2v) is 6.96. The smallest absolute Gasteiger partial charge is 0.236 e. The van der Waals surface area contributed by atoms with Crippen molar-refractivity contribution in [2.24, 2.45) is 5.92 Å². The number of aliphatic hydroxyl groups excluding tert-OH is 1. The lowest BCUT2D eigenvalue weighted by molar-refractivity contribution is -0.132. The van der Waals surface area contributed by atoms with Crippen LogP contribution in [0.3, 0.4) is 0 Å². The summed E-state index contributed by atoms with van der Waals surface area (Å²) in [5.74, 6) is 0.619. The van der Waals surface area contributed by atoms with Gasteiger partial charge in [0.15, 0.2) is 0 Å². The maximum atomic E-state index is 12.4. The first-order valence-corrected chi connectivity index (χ1v) is 8.81. The van der Waals surface area contributed by atoms with Crippen molar-refractivity contribution >= 4 is 5.91 Å². The number of carbonyl (C=O) groups excluding carboxylic acids is 1. The third-order valence-electron chi connectivity index (χ3n) is 5.03. The Hall–Kier alpha value is -0.610. The molecular weight excluding hydrogens is 264 g/mol. The summed E-state index contributed by atoms with van der Waals surface area (Å²) in [6.45, 7) is 3.21. The molecule has 2 unspecified atom stereocenters. The predicted octanol–water partition coefficient (Wildman–Crippen LogP) is 2.26. The third-order valence-corrected chi connectivity index (χ3v) is 5.03. The van der Waals surface area contributed by atoms with Gasteiger partial charge in [-0.05, 0) is 38.6 Å². The number of rotatable bonds is 4. The topological polar surface area (TPSA) is 43.8 Å². The molecule has 0 bridgehead atoms. The lowest BCUT2D eigenvalue weighted by Crippen LogP contribution is -2.43. The molecule has 0 spiro atoms. The van der Waals surface area contributed by atoms with E-state index >= 15 is 0 Å². The molecule has 2 rings (SSSR count). The maximum absolute atomic E-state index is 12.4. The largest absolute Gasteiger partial charge is 0.393 e. The Balaban J connectivity index is 1.75. The average molecular weight is 296 g/mol. The second-order valence-electron chi connectivity index (χ2n) is 6.96. The summed E-state index contributed by atoms with van der Waals surface area (Å²) < 4.78 is 0. The van der Waals surface area contributed by atoms with Crippen LogP contribution in [0, 0.1) is 5.92 Å². The van der Waals surface area contributed by atoms with Gasteiger partial charge in [-0.2, -0.15) is 0 Å². The zero-order chi connectivity index (χ0) is 15.1. The van der Waals surface area contributed by atoms with Crippen molar-refractivity contribution in [3.05, 3.63) is 0 Å². The Kier molecular flexibility index (Phi) is 6.97. The second kappa shape index (κ2) is 8.74. The van der Waals surface area contributed by atoms with Crippen molar-refractivity contribution in [1.82, 2.24) is 9.80 Å². The van der Waals surface area contributed by atoms with E-state index in [1.807, 2.05) is 11.9 Å². The van der Waals surface area contributed by atoms with Gasteiger partial charge in [-0.15, -0.1) is 0 Å². The van der Waals surface area contributed by atoms with Crippen LogP contribution in [0.15, 0.2) is 0 Å². The van der Waals surface area contributed by atoms with Crippen LogP contribution in [-0.4, -0.2) is 60.1 Å². The molecule has 1 N–H and O–H groups in total. The number of hydrogen-bond donors (Lipinski definition) is 1.